The van der Waals surface area contributed by atoms with Crippen LogP contribution in [0.25, 0.3) is 10.8 Å². The van der Waals surface area contributed by atoms with E-state index in [2.05, 4.69) is 20.5 Å². The fourth-order valence-electron chi connectivity index (χ4n) is 3.12. The first-order valence-electron chi connectivity index (χ1n) is 9.83. The minimum atomic E-state index is -4.32. The molecule has 0 aliphatic carbocycles. The summed E-state index contributed by atoms with van der Waals surface area (Å²) in [6.45, 7) is 0. The lowest BCUT2D eigenvalue weighted by Crippen LogP contribution is -1.96. The Balaban J connectivity index is 1.64. The number of rotatable bonds is 6. The number of fused-ring (bicyclic) bond motifs is 1. The van der Waals surface area contributed by atoms with Gasteiger partial charge in [0.2, 0.25) is 0 Å². The molecule has 0 unspecified atom stereocenters. The van der Waals surface area contributed by atoms with E-state index in [1.54, 1.807) is 24.3 Å². The normalized spacial score (nSPS) is 12.0. The second kappa shape index (κ2) is 9.24. The highest BCUT2D eigenvalue weighted by Crippen LogP contribution is 2.42. The van der Waals surface area contributed by atoms with Crippen LogP contribution in [0.4, 0.5) is 34.1 Å². The van der Waals surface area contributed by atoms with Crippen molar-refractivity contribution in [1.29, 1.82) is 0 Å². The maximum atomic E-state index is 11.1. The van der Waals surface area contributed by atoms with Gasteiger partial charge in [-0.2, -0.15) is 18.6 Å². The molecule has 0 saturated carbocycles. The molecule has 0 aromatic heterocycles. The predicted molar refractivity (Wildman–Crippen MR) is 128 cm³/mol. The van der Waals surface area contributed by atoms with Crippen molar-refractivity contribution in [3.63, 3.8) is 0 Å². The number of hydrogen-bond donors (Lipinski definition) is 3. The monoisotopic (exact) mass is 492 g/mol. The van der Waals surface area contributed by atoms with Crippen LogP contribution in [0, 0.1) is 10.1 Å². The summed E-state index contributed by atoms with van der Waals surface area (Å²) in [5.74, 6) is -0.236. The molecule has 35 heavy (non-hydrogen) atoms. The molecule has 0 atom stereocenters. The molecule has 0 aliphatic heterocycles. The van der Waals surface area contributed by atoms with Crippen molar-refractivity contribution in [2.45, 2.75) is 4.90 Å². The largest absolute Gasteiger partial charge is 0.505 e. The van der Waals surface area contributed by atoms with Crippen molar-refractivity contribution in [2.75, 3.05) is 5.73 Å². The zero-order valence-corrected chi connectivity index (χ0v) is 18.5. The highest BCUT2D eigenvalue weighted by atomic mass is 32.2. The van der Waals surface area contributed by atoms with Crippen molar-refractivity contribution < 1.29 is 23.0 Å². The SMILES string of the molecule is Nc1c(N=Nc2ccc(S(=O)(=O)O)cc2)ccc2ccc(N=Nc3ccc([N+](=O)[O-])cc3)c(O)c12. The Kier molecular flexibility index (Phi) is 6.18. The number of hydrogen-bond acceptors (Lipinski definition) is 10. The summed E-state index contributed by atoms with van der Waals surface area (Å²) in [6.07, 6.45) is 0. The lowest BCUT2D eigenvalue weighted by atomic mass is 10.1. The molecule has 0 saturated heterocycles. The van der Waals surface area contributed by atoms with Crippen LogP contribution in [0.3, 0.4) is 0 Å². The van der Waals surface area contributed by atoms with Crippen molar-refractivity contribution in [2.24, 2.45) is 20.5 Å². The van der Waals surface area contributed by atoms with Gasteiger partial charge in [0.1, 0.15) is 11.4 Å². The van der Waals surface area contributed by atoms with E-state index >= 15 is 0 Å². The molecule has 0 aliphatic rings. The maximum absolute atomic E-state index is 11.1. The van der Waals surface area contributed by atoms with Crippen molar-refractivity contribution in [3.05, 3.63) is 82.9 Å². The number of nitro groups is 1. The van der Waals surface area contributed by atoms with Crippen LogP contribution < -0.4 is 5.73 Å². The minimum Gasteiger partial charge on any atom is -0.505 e. The standard InChI is InChI=1S/C22H16N6O6S/c23-21-18(26-24-15-5-9-17(10-6-15)35(32,33)34)11-1-13-2-12-19(22(29)20(13)21)27-25-14-3-7-16(8-4-14)28(30)31/h1-12,29H,23H2,(H,32,33,34). The fraction of sp³-hybridized carbons (Fsp3) is 0. The van der Waals surface area contributed by atoms with Gasteiger partial charge < -0.3 is 10.8 Å². The topological polar surface area (TPSA) is 193 Å². The van der Waals surface area contributed by atoms with Gasteiger partial charge in [0, 0.05) is 12.1 Å². The number of nitrogens with zero attached hydrogens (tertiary/aromatic N) is 5. The number of nitrogens with two attached hydrogens (primary N) is 1. The van der Waals surface area contributed by atoms with Crippen molar-refractivity contribution >= 4 is 55.0 Å². The average molecular weight is 492 g/mol. The average Bonchev–Trinajstić information content (AvgIpc) is 2.83. The second-order valence-corrected chi connectivity index (χ2v) is 8.59. The summed E-state index contributed by atoms with van der Waals surface area (Å²) < 4.78 is 31.3. The smallest absolute Gasteiger partial charge is 0.294 e. The van der Waals surface area contributed by atoms with E-state index < -0.39 is 15.0 Å². The highest BCUT2D eigenvalue weighted by Gasteiger charge is 2.13. The van der Waals surface area contributed by atoms with E-state index in [1.807, 2.05) is 0 Å². The van der Waals surface area contributed by atoms with Crippen LogP contribution >= 0.6 is 0 Å². The van der Waals surface area contributed by atoms with E-state index in [1.165, 1.54) is 48.5 Å². The summed E-state index contributed by atoms with van der Waals surface area (Å²) in [5.41, 5.74) is 7.31. The molecule has 0 bridgehead atoms. The Hall–Kier alpha value is -4.75. The van der Waals surface area contributed by atoms with E-state index in [9.17, 15) is 23.6 Å². The van der Waals surface area contributed by atoms with Gasteiger partial charge in [0.25, 0.3) is 15.8 Å². The third kappa shape index (κ3) is 5.10. The van der Waals surface area contributed by atoms with Crippen LogP contribution in [-0.4, -0.2) is 23.0 Å². The lowest BCUT2D eigenvalue weighted by Gasteiger charge is -2.08. The number of non-ortho nitro benzene ring substituents is 1. The molecule has 0 fully saturated rings. The Labute approximate surface area is 198 Å². The number of benzene rings is 4. The summed E-state index contributed by atoms with van der Waals surface area (Å²) in [6, 6.07) is 17.0. The van der Waals surface area contributed by atoms with Gasteiger partial charge in [-0.05, 0) is 53.9 Å². The molecule has 13 heteroatoms. The van der Waals surface area contributed by atoms with Crippen LogP contribution in [0.1, 0.15) is 0 Å². The molecule has 4 N–H and O–H groups in total. The Morgan fingerprint density at radius 1 is 0.771 bits per heavy atom. The van der Waals surface area contributed by atoms with Crippen molar-refractivity contribution in [1.82, 2.24) is 0 Å². The first-order chi connectivity index (χ1) is 16.6. The zero-order valence-electron chi connectivity index (χ0n) is 17.7. The van der Waals surface area contributed by atoms with E-state index in [4.69, 9.17) is 10.3 Å². The third-order valence-electron chi connectivity index (χ3n) is 4.90. The highest BCUT2D eigenvalue weighted by molar-refractivity contribution is 7.85. The quantitative estimate of drug-likeness (QED) is 0.0948. The Bertz CT molecular complexity index is 1600. The van der Waals surface area contributed by atoms with Gasteiger partial charge in [-0.3, -0.25) is 14.7 Å². The molecule has 0 spiro atoms. The number of azo groups is 2. The van der Waals surface area contributed by atoms with E-state index in [0.29, 0.717) is 16.8 Å². The molecule has 12 nitrogen and oxygen atoms in total. The van der Waals surface area contributed by atoms with Gasteiger partial charge in [-0.1, -0.05) is 12.1 Å². The van der Waals surface area contributed by atoms with Gasteiger partial charge in [0.05, 0.1) is 32.3 Å². The summed E-state index contributed by atoms with van der Waals surface area (Å²) in [4.78, 5) is 9.96. The van der Waals surface area contributed by atoms with Crippen LogP contribution in [-0.2, 0) is 10.1 Å². The molecule has 4 aromatic carbocycles. The Morgan fingerprint density at radius 2 is 1.29 bits per heavy atom. The van der Waals surface area contributed by atoms with Gasteiger partial charge in [-0.15, -0.1) is 10.2 Å². The fourth-order valence-corrected chi connectivity index (χ4v) is 3.60. The summed E-state index contributed by atoms with van der Waals surface area (Å²) >= 11 is 0. The number of nitro benzene ring substituents is 1. The number of phenolic OH excluding ortho intramolecular Hbond substituents is 1. The van der Waals surface area contributed by atoms with Crippen LogP contribution in [0.2, 0.25) is 0 Å². The summed E-state index contributed by atoms with van der Waals surface area (Å²) in [5, 5.41) is 38.5. The number of anilines is 1. The van der Waals surface area contributed by atoms with Crippen molar-refractivity contribution in [3.8, 4) is 5.75 Å². The number of aromatic hydroxyl groups is 1. The zero-order chi connectivity index (χ0) is 25.2. The lowest BCUT2D eigenvalue weighted by molar-refractivity contribution is -0.384. The van der Waals surface area contributed by atoms with Gasteiger partial charge in [-0.25, -0.2) is 0 Å². The molecule has 0 heterocycles. The molecular weight excluding hydrogens is 476 g/mol. The van der Waals surface area contributed by atoms with E-state index in [0.717, 1.165) is 0 Å². The Morgan fingerprint density at radius 3 is 1.83 bits per heavy atom. The molecular formula is C22H16N6O6S. The second-order valence-electron chi connectivity index (χ2n) is 7.17. The first-order valence-corrected chi connectivity index (χ1v) is 11.3. The molecule has 176 valence electrons. The third-order valence-corrected chi connectivity index (χ3v) is 5.76. The van der Waals surface area contributed by atoms with E-state index in [-0.39, 0.29) is 38.8 Å². The van der Waals surface area contributed by atoms with Gasteiger partial charge in [0.15, 0.2) is 5.75 Å². The summed E-state index contributed by atoms with van der Waals surface area (Å²) in [7, 11) is -4.32. The molecule has 0 amide bonds. The molecule has 4 rings (SSSR count). The first kappa shape index (κ1) is 23.4. The van der Waals surface area contributed by atoms with Gasteiger partial charge >= 0.3 is 0 Å². The number of nitrogen functional groups attached to an aromatic ring is 1. The van der Waals surface area contributed by atoms with Crippen LogP contribution in [0.5, 0.6) is 5.75 Å². The maximum Gasteiger partial charge on any atom is 0.294 e. The predicted octanol–water partition coefficient (Wildman–Crippen LogP) is 6.11. The number of phenols is 1. The minimum absolute atomic E-state index is 0.0821. The molecule has 4 aromatic rings. The molecule has 0 radical (unpaired) electrons. The van der Waals surface area contributed by atoms with Crippen LogP contribution in [0.15, 0.2) is 98.1 Å².